The molecule has 0 bridgehead atoms. The molecule has 0 unspecified atom stereocenters. The van der Waals surface area contributed by atoms with Crippen molar-refractivity contribution in [2.45, 2.75) is 12.3 Å². The first-order valence-electron chi connectivity index (χ1n) is 5.12. The van der Waals surface area contributed by atoms with Crippen LogP contribution >= 0.6 is 31.9 Å². The lowest BCUT2D eigenvalue weighted by Gasteiger charge is -2.05. The summed E-state index contributed by atoms with van der Waals surface area (Å²) in [6, 6.07) is 15.1. The van der Waals surface area contributed by atoms with Crippen LogP contribution in [0.25, 0.3) is 11.1 Å². The zero-order valence-corrected chi connectivity index (χ0v) is 12.2. The van der Waals surface area contributed by atoms with Gasteiger partial charge in [-0.2, -0.15) is 0 Å². The molecule has 2 rings (SSSR count). The van der Waals surface area contributed by atoms with Gasteiger partial charge in [-0.25, -0.2) is 0 Å². The van der Waals surface area contributed by atoms with E-state index >= 15 is 0 Å². The molecule has 2 aromatic carbocycles. The molecule has 0 nitrogen and oxygen atoms in total. The van der Waals surface area contributed by atoms with Gasteiger partial charge in [-0.05, 0) is 35.2 Å². The first-order valence-corrected chi connectivity index (χ1v) is 7.03. The molecule has 0 aliphatic carbocycles. The Kier molecular flexibility index (Phi) is 3.82. The summed E-state index contributed by atoms with van der Waals surface area (Å²) in [5.41, 5.74) is 5.10. The fourth-order valence-corrected chi connectivity index (χ4v) is 2.23. The van der Waals surface area contributed by atoms with E-state index in [4.69, 9.17) is 0 Å². The van der Waals surface area contributed by atoms with E-state index in [1.54, 1.807) is 0 Å². The van der Waals surface area contributed by atoms with Crippen LogP contribution in [0.2, 0.25) is 0 Å². The Morgan fingerprint density at radius 1 is 0.938 bits per heavy atom. The first kappa shape index (κ1) is 11.9. The lowest BCUT2D eigenvalue weighted by Crippen LogP contribution is -1.82. The number of rotatable bonds is 2. The van der Waals surface area contributed by atoms with Crippen molar-refractivity contribution in [2.75, 3.05) is 0 Å². The minimum atomic E-state index is 0.909. The van der Waals surface area contributed by atoms with Crippen LogP contribution < -0.4 is 0 Å². The Labute approximate surface area is 113 Å². The average Bonchev–Trinajstić information content (AvgIpc) is 2.33. The molecule has 0 aliphatic heterocycles. The normalized spacial score (nSPS) is 10.4. The molecule has 0 saturated heterocycles. The van der Waals surface area contributed by atoms with Crippen LogP contribution in [0.1, 0.15) is 11.1 Å². The number of benzene rings is 2. The number of aryl methyl sites for hydroxylation is 1. The molecule has 0 atom stereocenters. The van der Waals surface area contributed by atoms with Crippen LogP contribution in [-0.2, 0) is 5.33 Å². The Morgan fingerprint density at radius 2 is 1.56 bits per heavy atom. The molecule has 0 aliphatic rings. The third-order valence-electron chi connectivity index (χ3n) is 2.60. The van der Waals surface area contributed by atoms with Gasteiger partial charge in [0.1, 0.15) is 0 Å². The van der Waals surface area contributed by atoms with Crippen molar-refractivity contribution in [1.29, 1.82) is 0 Å². The number of hydrogen-bond acceptors (Lipinski definition) is 0. The van der Waals surface area contributed by atoms with Crippen LogP contribution in [0.15, 0.2) is 46.9 Å². The first-order chi connectivity index (χ1) is 7.70. The third-order valence-corrected chi connectivity index (χ3v) is 4.14. The van der Waals surface area contributed by atoms with Gasteiger partial charge in [-0.15, -0.1) is 0 Å². The molecule has 0 amide bonds. The largest absolute Gasteiger partial charge is 0.0876 e. The van der Waals surface area contributed by atoms with Crippen LogP contribution in [0.3, 0.4) is 0 Å². The van der Waals surface area contributed by atoms with E-state index in [0.29, 0.717) is 0 Å². The van der Waals surface area contributed by atoms with Gasteiger partial charge in [-0.3, -0.25) is 0 Å². The van der Waals surface area contributed by atoms with Gasteiger partial charge in [0.25, 0.3) is 0 Å². The Morgan fingerprint density at radius 3 is 2.12 bits per heavy atom. The summed E-state index contributed by atoms with van der Waals surface area (Å²) in [4.78, 5) is 0. The van der Waals surface area contributed by atoms with E-state index in [0.717, 1.165) is 9.80 Å². The molecule has 2 heteroatoms. The maximum absolute atomic E-state index is 3.52. The predicted octanol–water partition coefficient (Wildman–Crippen LogP) is 5.32. The molecule has 0 aromatic heterocycles. The summed E-state index contributed by atoms with van der Waals surface area (Å²) in [6.07, 6.45) is 0. The Hall–Kier alpha value is -0.600. The van der Waals surface area contributed by atoms with Crippen LogP contribution in [-0.4, -0.2) is 0 Å². The molecule has 0 saturated carbocycles. The summed E-state index contributed by atoms with van der Waals surface area (Å²) in [5, 5.41) is 0.909. The number of halogens is 2. The van der Waals surface area contributed by atoms with E-state index in [1.807, 2.05) is 0 Å². The summed E-state index contributed by atoms with van der Waals surface area (Å²) < 4.78 is 1.16. The van der Waals surface area contributed by atoms with Crippen LogP contribution in [0.4, 0.5) is 0 Å². The van der Waals surface area contributed by atoms with Gasteiger partial charge in [0.05, 0.1) is 0 Å². The van der Waals surface area contributed by atoms with Crippen molar-refractivity contribution >= 4 is 31.9 Å². The Balaban J connectivity index is 2.38. The minimum Gasteiger partial charge on any atom is -0.0876 e. The zero-order chi connectivity index (χ0) is 11.5. The summed E-state index contributed by atoms with van der Waals surface area (Å²) in [5.74, 6) is 0. The van der Waals surface area contributed by atoms with Crippen molar-refractivity contribution < 1.29 is 0 Å². The van der Waals surface area contributed by atoms with Gasteiger partial charge in [-0.1, -0.05) is 68.3 Å². The molecular weight excluding hydrogens is 328 g/mol. The van der Waals surface area contributed by atoms with Crippen molar-refractivity contribution in [3.05, 3.63) is 58.1 Å². The maximum atomic E-state index is 3.52. The molecule has 0 radical (unpaired) electrons. The zero-order valence-electron chi connectivity index (χ0n) is 9.00. The van der Waals surface area contributed by atoms with Gasteiger partial charge < -0.3 is 0 Å². The van der Waals surface area contributed by atoms with Gasteiger partial charge >= 0.3 is 0 Å². The lowest BCUT2D eigenvalue weighted by molar-refractivity contribution is 1.41. The molecule has 0 fully saturated rings. The predicted molar refractivity (Wildman–Crippen MR) is 76.9 cm³/mol. The monoisotopic (exact) mass is 338 g/mol. The molecule has 0 spiro atoms. The van der Waals surface area contributed by atoms with Crippen molar-refractivity contribution in [3.8, 4) is 11.1 Å². The maximum Gasteiger partial charge on any atom is 0.0283 e. The van der Waals surface area contributed by atoms with Crippen molar-refractivity contribution in [3.63, 3.8) is 0 Å². The summed E-state index contributed by atoms with van der Waals surface area (Å²) in [7, 11) is 0. The smallest absolute Gasteiger partial charge is 0.0283 e. The topological polar surface area (TPSA) is 0 Å². The SMILES string of the molecule is Cc1cc(-c2ccc(CBr)cc2)ccc1Br. The third kappa shape index (κ3) is 2.55. The second-order valence-corrected chi connectivity index (χ2v) is 5.21. The second kappa shape index (κ2) is 5.15. The highest BCUT2D eigenvalue weighted by atomic mass is 79.9. The van der Waals surface area contributed by atoms with Crippen LogP contribution in [0, 0.1) is 6.92 Å². The van der Waals surface area contributed by atoms with Gasteiger partial charge in [0.15, 0.2) is 0 Å². The number of hydrogen-bond donors (Lipinski definition) is 0. The standard InChI is InChI=1S/C14H12Br2/c1-10-8-13(6-7-14(10)16)12-4-2-11(9-15)3-5-12/h2-8H,9H2,1H3. The van der Waals surface area contributed by atoms with E-state index in [1.165, 1.54) is 22.3 Å². The molecule has 82 valence electrons. The summed E-state index contributed by atoms with van der Waals surface area (Å²) >= 11 is 6.97. The summed E-state index contributed by atoms with van der Waals surface area (Å²) in [6.45, 7) is 2.11. The quantitative estimate of drug-likeness (QED) is 0.649. The number of alkyl halides is 1. The second-order valence-electron chi connectivity index (χ2n) is 3.79. The molecule has 2 aromatic rings. The Bertz CT molecular complexity index is 487. The lowest BCUT2D eigenvalue weighted by atomic mass is 10.0. The van der Waals surface area contributed by atoms with E-state index in [-0.39, 0.29) is 0 Å². The van der Waals surface area contributed by atoms with E-state index in [9.17, 15) is 0 Å². The van der Waals surface area contributed by atoms with Gasteiger partial charge in [0.2, 0.25) is 0 Å². The fourth-order valence-electron chi connectivity index (χ4n) is 1.61. The molecule has 16 heavy (non-hydrogen) atoms. The molecule has 0 heterocycles. The molecule has 0 N–H and O–H groups in total. The minimum absolute atomic E-state index is 0.909. The highest BCUT2D eigenvalue weighted by molar-refractivity contribution is 9.10. The van der Waals surface area contributed by atoms with Crippen LogP contribution in [0.5, 0.6) is 0 Å². The van der Waals surface area contributed by atoms with E-state index < -0.39 is 0 Å². The van der Waals surface area contributed by atoms with Crippen molar-refractivity contribution in [2.24, 2.45) is 0 Å². The highest BCUT2D eigenvalue weighted by Gasteiger charge is 2.00. The highest BCUT2D eigenvalue weighted by Crippen LogP contribution is 2.25. The fraction of sp³-hybridized carbons (Fsp3) is 0.143. The molecular formula is C14H12Br2. The average molecular weight is 340 g/mol. The van der Waals surface area contributed by atoms with E-state index in [2.05, 4.69) is 81.2 Å². The van der Waals surface area contributed by atoms with Crippen molar-refractivity contribution in [1.82, 2.24) is 0 Å². The van der Waals surface area contributed by atoms with Gasteiger partial charge in [0, 0.05) is 9.80 Å².